The molecule has 0 bridgehead atoms. The fourth-order valence-corrected chi connectivity index (χ4v) is 3.95. The number of hydrogen-bond donors (Lipinski definition) is 3. The number of anilines is 3. The first kappa shape index (κ1) is 24.9. The summed E-state index contributed by atoms with van der Waals surface area (Å²) >= 11 is 1.32. The van der Waals surface area contributed by atoms with Crippen LogP contribution in [0.1, 0.15) is 33.9 Å². The second-order valence-corrected chi connectivity index (χ2v) is 8.90. The van der Waals surface area contributed by atoms with E-state index in [4.69, 9.17) is 10.5 Å². The van der Waals surface area contributed by atoms with Gasteiger partial charge in [0.05, 0.1) is 11.5 Å². The average molecular weight is 486 g/mol. The average Bonchev–Trinajstić information content (AvgIpc) is 3.34. The van der Waals surface area contributed by atoms with E-state index in [9.17, 15) is 19.2 Å². The van der Waals surface area contributed by atoms with Gasteiger partial charge in [0.15, 0.2) is 5.69 Å². The molecule has 0 fully saturated rings. The van der Waals surface area contributed by atoms with Crippen molar-refractivity contribution in [2.24, 2.45) is 5.92 Å². The number of carbonyl (C=O) groups is 2. The molecule has 2 aromatic heterocycles. The molecule has 11 heteroatoms. The van der Waals surface area contributed by atoms with Crippen LogP contribution in [0.25, 0.3) is 0 Å². The van der Waals surface area contributed by atoms with E-state index in [1.54, 1.807) is 36.4 Å². The van der Waals surface area contributed by atoms with Crippen molar-refractivity contribution in [3.63, 3.8) is 0 Å². The number of thiophene rings is 1. The molecule has 0 aliphatic heterocycles. The molecule has 0 spiro atoms. The molecule has 180 valence electrons. The van der Waals surface area contributed by atoms with Gasteiger partial charge in [0.1, 0.15) is 5.82 Å². The zero-order valence-electron chi connectivity index (χ0n) is 19.2. The Balaban J connectivity index is 1.93. The van der Waals surface area contributed by atoms with Crippen LogP contribution in [-0.4, -0.2) is 41.6 Å². The van der Waals surface area contributed by atoms with Gasteiger partial charge < -0.3 is 15.8 Å². The number of aromatic nitrogens is 2. The summed E-state index contributed by atoms with van der Waals surface area (Å²) < 4.78 is 6.36. The first-order valence-corrected chi connectivity index (χ1v) is 11.5. The van der Waals surface area contributed by atoms with E-state index in [0.717, 1.165) is 0 Å². The van der Waals surface area contributed by atoms with Crippen molar-refractivity contribution in [1.82, 2.24) is 9.55 Å². The molecule has 0 aliphatic carbocycles. The Hall–Kier alpha value is -3.70. The molecular weight excluding hydrogens is 458 g/mol. The van der Waals surface area contributed by atoms with E-state index in [0.29, 0.717) is 10.6 Å². The first-order chi connectivity index (χ1) is 16.2. The van der Waals surface area contributed by atoms with Gasteiger partial charge >= 0.3 is 5.69 Å². The van der Waals surface area contributed by atoms with Gasteiger partial charge in [-0.1, -0.05) is 19.9 Å². The van der Waals surface area contributed by atoms with E-state index in [1.807, 2.05) is 19.2 Å². The molecule has 34 heavy (non-hydrogen) atoms. The molecule has 10 nitrogen and oxygen atoms in total. The van der Waals surface area contributed by atoms with Crippen molar-refractivity contribution in [1.29, 1.82) is 0 Å². The minimum Gasteiger partial charge on any atom is -0.383 e. The van der Waals surface area contributed by atoms with E-state index >= 15 is 0 Å². The van der Waals surface area contributed by atoms with Gasteiger partial charge in [-0.25, -0.2) is 4.79 Å². The van der Waals surface area contributed by atoms with Crippen LogP contribution in [0, 0.1) is 5.92 Å². The summed E-state index contributed by atoms with van der Waals surface area (Å²) in [5, 5.41) is 4.58. The summed E-state index contributed by atoms with van der Waals surface area (Å²) in [5.74, 6) is -0.756. The predicted octanol–water partition coefficient (Wildman–Crippen LogP) is 2.38. The third kappa shape index (κ3) is 5.61. The van der Waals surface area contributed by atoms with Crippen molar-refractivity contribution in [3.05, 3.63) is 73.1 Å². The third-order valence-corrected chi connectivity index (χ3v) is 5.80. The first-order valence-electron chi connectivity index (χ1n) is 10.6. The molecule has 1 aromatic carbocycles. The normalized spacial score (nSPS) is 10.9. The lowest BCUT2D eigenvalue weighted by Gasteiger charge is -2.25. The number of carbonyl (C=O) groups excluding carboxylic acids is 2. The molecule has 0 aliphatic rings. The Labute approximate surface area is 200 Å². The van der Waals surface area contributed by atoms with Gasteiger partial charge in [-0.2, -0.15) is 0 Å². The molecule has 3 aromatic rings. The number of hydrogen-bond acceptors (Lipinski definition) is 7. The van der Waals surface area contributed by atoms with Crippen LogP contribution in [0.5, 0.6) is 0 Å². The monoisotopic (exact) mass is 485 g/mol. The van der Waals surface area contributed by atoms with Gasteiger partial charge in [-0.15, -0.1) is 11.3 Å². The maximum Gasteiger partial charge on any atom is 0.330 e. The smallest absolute Gasteiger partial charge is 0.330 e. The lowest BCUT2D eigenvalue weighted by molar-refractivity contribution is 0.0974. The summed E-state index contributed by atoms with van der Waals surface area (Å²) in [6, 6.07) is 9.78. The van der Waals surface area contributed by atoms with Crippen LogP contribution >= 0.6 is 11.3 Å². The zero-order valence-corrected chi connectivity index (χ0v) is 20.0. The molecular formula is C23H27N5O5S. The van der Waals surface area contributed by atoms with Crippen LogP contribution in [0.15, 0.2) is 51.4 Å². The fraction of sp³-hybridized carbons (Fsp3) is 0.304. The van der Waals surface area contributed by atoms with E-state index < -0.39 is 17.2 Å². The molecule has 0 saturated carbocycles. The summed E-state index contributed by atoms with van der Waals surface area (Å²) in [7, 11) is 1.47. The second-order valence-electron chi connectivity index (χ2n) is 7.96. The summed E-state index contributed by atoms with van der Waals surface area (Å²) in [6.07, 6.45) is 0. The number of ether oxygens (including phenoxy) is 1. The molecule has 0 atom stereocenters. The molecule has 4 N–H and O–H groups in total. The number of benzene rings is 1. The number of amides is 2. The van der Waals surface area contributed by atoms with Crippen molar-refractivity contribution in [3.8, 4) is 0 Å². The topological polar surface area (TPSA) is 140 Å². The second kappa shape index (κ2) is 10.9. The largest absolute Gasteiger partial charge is 0.383 e. The fourth-order valence-electron chi connectivity index (χ4n) is 3.33. The summed E-state index contributed by atoms with van der Waals surface area (Å²) in [6.45, 7) is 4.27. The maximum atomic E-state index is 13.4. The minimum atomic E-state index is -0.758. The highest BCUT2D eigenvalue weighted by atomic mass is 32.1. The standard InChI is InChI=1S/C23H27N5O5S/c1-14(2)13-28-19(24)18(21(30)26-23(28)32)27(10-11-33-3)22(31)15-6-8-16(9-7-15)25-20(29)17-5-4-12-34-17/h4-9,12,14H,10-11,13,24H2,1-3H3,(H,25,29)(H,26,30,32). The maximum absolute atomic E-state index is 13.4. The van der Waals surface area contributed by atoms with E-state index in [1.165, 1.54) is 27.9 Å². The highest BCUT2D eigenvalue weighted by Crippen LogP contribution is 2.21. The molecule has 3 rings (SSSR count). The number of nitrogens with zero attached hydrogens (tertiary/aromatic N) is 2. The van der Waals surface area contributed by atoms with Crippen LogP contribution < -0.4 is 27.2 Å². The van der Waals surface area contributed by atoms with Crippen LogP contribution in [0.4, 0.5) is 17.2 Å². The Kier molecular flexibility index (Phi) is 8.03. The van der Waals surface area contributed by atoms with Crippen molar-refractivity contribution < 1.29 is 14.3 Å². The molecule has 2 heterocycles. The van der Waals surface area contributed by atoms with Gasteiger partial charge in [0.2, 0.25) is 0 Å². The number of nitrogen functional groups attached to an aromatic ring is 1. The number of rotatable bonds is 9. The summed E-state index contributed by atoms with van der Waals surface area (Å²) in [4.78, 5) is 54.6. The van der Waals surface area contributed by atoms with Gasteiger partial charge in [-0.05, 0) is 41.6 Å². The Morgan fingerprint density at radius 1 is 1.21 bits per heavy atom. The van der Waals surface area contributed by atoms with Crippen molar-refractivity contribution in [2.45, 2.75) is 20.4 Å². The SMILES string of the molecule is COCCN(C(=O)c1ccc(NC(=O)c2cccs2)cc1)c1c(N)n(CC(C)C)c(=O)[nH]c1=O. The predicted molar refractivity (Wildman–Crippen MR) is 133 cm³/mol. The van der Waals surface area contributed by atoms with Crippen molar-refractivity contribution >= 4 is 40.3 Å². The highest BCUT2D eigenvalue weighted by Gasteiger charge is 2.25. The lowest BCUT2D eigenvalue weighted by atomic mass is 10.1. The van der Waals surface area contributed by atoms with Crippen LogP contribution in [0.2, 0.25) is 0 Å². The van der Waals surface area contributed by atoms with Crippen molar-refractivity contribution in [2.75, 3.05) is 36.2 Å². The van der Waals surface area contributed by atoms with E-state index in [2.05, 4.69) is 10.3 Å². The minimum absolute atomic E-state index is 0.0410. The Morgan fingerprint density at radius 3 is 2.50 bits per heavy atom. The number of H-pyrrole nitrogens is 1. The molecule has 0 unspecified atom stereocenters. The Bertz CT molecular complexity index is 1260. The van der Waals surface area contributed by atoms with Gasteiger partial charge in [-0.3, -0.25) is 28.8 Å². The lowest BCUT2D eigenvalue weighted by Crippen LogP contribution is -2.42. The number of aromatic amines is 1. The molecule has 0 radical (unpaired) electrons. The number of nitrogens with one attached hydrogen (secondary N) is 2. The number of methoxy groups -OCH3 is 1. The molecule has 2 amide bonds. The zero-order chi connectivity index (χ0) is 24.8. The Morgan fingerprint density at radius 2 is 1.91 bits per heavy atom. The third-order valence-electron chi connectivity index (χ3n) is 4.93. The highest BCUT2D eigenvalue weighted by molar-refractivity contribution is 7.12. The van der Waals surface area contributed by atoms with Gasteiger partial charge in [0.25, 0.3) is 17.4 Å². The van der Waals surface area contributed by atoms with Crippen LogP contribution in [0.3, 0.4) is 0 Å². The quantitative estimate of drug-likeness (QED) is 0.425. The molecule has 0 saturated heterocycles. The van der Waals surface area contributed by atoms with Crippen LogP contribution in [-0.2, 0) is 11.3 Å². The number of nitrogens with two attached hydrogens (primary N) is 1. The van der Waals surface area contributed by atoms with E-state index in [-0.39, 0.29) is 48.6 Å². The van der Waals surface area contributed by atoms with Gasteiger partial charge in [0, 0.05) is 31.5 Å². The summed E-state index contributed by atoms with van der Waals surface area (Å²) in [5.41, 5.74) is 5.49.